The molecule has 2 N–H and O–H groups in total. The Kier molecular flexibility index (Phi) is 6.68. The summed E-state index contributed by atoms with van der Waals surface area (Å²) in [4.78, 5) is 8.81. The van der Waals surface area contributed by atoms with Gasteiger partial charge in [-0.15, -0.1) is 0 Å². The van der Waals surface area contributed by atoms with Crippen molar-refractivity contribution in [2.75, 3.05) is 18.1 Å². The number of nitrogens with zero attached hydrogens (tertiary/aromatic N) is 3. The van der Waals surface area contributed by atoms with E-state index in [4.69, 9.17) is 33.7 Å². The Morgan fingerprint density at radius 2 is 2.03 bits per heavy atom. The van der Waals surface area contributed by atoms with E-state index in [1.54, 1.807) is 6.20 Å². The highest BCUT2D eigenvalue weighted by molar-refractivity contribution is 7.91. The molecule has 2 heterocycles. The van der Waals surface area contributed by atoms with Gasteiger partial charge in [0, 0.05) is 24.4 Å². The molecule has 3 aromatic rings. The van der Waals surface area contributed by atoms with Crippen LogP contribution in [0.4, 0.5) is 5.82 Å². The van der Waals surface area contributed by atoms with Gasteiger partial charge in [-0.25, -0.2) is 18.4 Å². The van der Waals surface area contributed by atoms with Crippen molar-refractivity contribution in [2.45, 2.75) is 38.3 Å². The summed E-state index contributed by atoms with van der Waals surface area (Å²) in [6.45, 7) is 5.10. The van der Waals surface area contributed by atoms with Crippen LogP contribution < -0.4 is 5.73 Å². The van der Waals surface area contributed by atoms with Crippen molar-refractivity contribution < 1.29 is 13.2 Å². The van der Waals surface area contributed by atoms with Crippen LogP contribution in [-0.4, -0.2) is 35.3 Å². The molecule has 156 valence electrons. The first-order valence-corrected chi connectivity index (χ1v) is 11.5. The summed E-state index contributed by atoms with van der Waals surface area (Å²) in [5.74, 6) is 0.955. The molecule has 0 saturated carbocycles. The molecule has 0 radical (unpaired) electrons. The van der Waals surface area contributed by atoms with Crippen molar-refractivity contribution >= 4 is 49.9 Å². The monoisotopic (exact) mass is 456 g/mol. The molecule has 29 heavy (non-hydrogen) atoms. The molecular weight excluding hydrogens is 435 g/mol. The number of pyridine rings is 1. The maximum atomic E-state index is 12.7. The Morgan fingerprint density at radius 3 is 2.72 bits per heavy atom. The third-order valence-corrected chi connectivity index (χ3v) is 7.03. The van der Waals surface area contributed by atoms with Crippen molar-refractivity contribution in [2.24, 2.45) is 0 Å². The van der Waals surface area contributed by atoms with E-state index in [0.29, 0.717) is 48.4 Å². The third kappa shape index (κ3) is 4.66. The topological polar surface area (TPSA) is 100 Å². The van der Waals surface area contributed by atoms with Crippen LogP contribution in [0.2, 0.25) is 10.0 Å². The number of ether oxygens (including phenoxy) is 1. The molecule has 0 fully saturated rings. The number of nitrogen functional groups attached to an aromatic ring is 1. The Bertz CT molecular complexity index is 1150. The number of hydrogen-bond donors (Lipinski definition) is 1. The fourth-order valence-corrected chi connectivity index (χ4v) is 5.28. The van der Waals surface area contributed by atoms with Gasteiger partial charge in [-0.2, -0.15) is 0 Å². The molecule has 3 rings (SSSR count). The van der Waals surface area contributed by atoms with Crippen LogP contribution in [0.25, 0.3) is 11.0 Å². The van der Waals surface area contributed by atoms with Crippen molar-refractivity contribution in [1.29, 1.82) is 0 Å². The first-order valence-electron chi connectivity index (χ1n) is 9.10. The second-order valence-electron chi connectivity index (χ2n) is 6.59. The molecule has 7 nitrogen and oxygen atoms in total. The summed E-state index contributed by atoms with van der Waals surface area (Å²) < 4.78 is 32.9. The van der Waals surface area contributed by atoms with Crippen LogP contribution in [0.5, 0.6) is 0 Å². The summed E-state index contributed by atoms with van der Waals surface area (Å²) in [5, 5.41) is 0.512. The lowest BCUT2D eigenvalue weighted by Gasteiger charge is -2.12. The predicted molar refractivity (Wildman–Crippen MR) is 115 cm³/mol. The van der Waals surface area contributed by atoms with Crippen LogP contribution in [0.1, 0.15) is 24.7 Å². The summed E-state index contributed by atoms with van der Waals surface area (Å²) in [5.41, 5.74) is 8.34. The molecule has 0 spiro atoms. The van der Waals surface area contributed by atoms with Crippen molar-refractivity contribution in [3.8, 4) is 0 Å². The van der Waals surface area contributed by atoms with Crippen molar-refractivity contribution in [1.82, 2.24) is 14.5 Å². The number of nitrogens with two attached hydrogens (primary N) is 1. The van der Waals surface area contributed by atoms with Gasteiger partial charge < -0.3 is 15.0 Å². The van der Waals surface area contributed by atoms with Crippen LogP contribution in [0, 0.1) is 6.92 Å². The molecule has 0 amide bonds. The molecule has 0 saturated heterocycles. The molecule has 10 heteroatoms. The van der Waals surface area contributed by atoms with Crippen LogP contribution in [0.15, 0.2) is 29.3 Å². The number of aromatic nitrogens is 3. The van der Waals surface area contributed by atoms with Gasteiger partial charge in [0.1, 0.15) is 17.9 Å². The maximum absolute atomic E-state index is 12.7. The second-order valence-corrected chi connectivity index (χ2v) is 9.51. The average Bonchev–Trinajstić information content (AvgIpc) is 3.02. The van der Waals surface area contributed by atoms with Gasteiger partial charge in [0.05, 0.1) is 21.2 Å². The van der Waals surface area contributed by atoms with E-state index in [1.165, 1.54) is 18.2 Å². The van der Waals surface area contributed by atoms with Gasteiger partial charge in [0.2, 0.25) is 0 Å². The number of fused-ring (bicyclic) bond motifs is 1. The normalized spacial score (nSPS) is 12.0. The van der Waals surface area contributed by atoms with Gasteiger partial charge >= 0.3 is 0 Å². The minimum atomic E-state index is -3.55. The number of imidazole rings is 1. The zero-order chi connectivity index (χ0) is 21.2. The zero-order valence-corrected chi connectivity index (χ0v) is 18.5. The molecule has 0 aliphatic rings. The summed E-state index contributed by atoms with van der Waals surface area (Å²) in [7, 11) is -3.55. The lowest BCUT2D eigenvalue weighted by atomic mass is 10.2. The lowest BCUT2D eigenvalue weighted by molar-refractivity contribution is 0.126. The first-order chi connectivity index (χ1) is 13.7. The molecule has 2 aromatic heterocycles. The molecule has 0 bridgehead atoms. The quantitative estimate of drug-likeness (QED) is 0.548. The van der Waals surface area contributed by atoms with Gasteiger partial charge in [0.15, 0.2) is 15.7 Å². The highest BCUT2D eigenvalue weighted by Gasteiger charge is 2.20. The largest absolute Gasteiger partial charge is 0.382 e. The Balaban J connectivity index is 1.87. The SMILES string of the molecule is CCOCc1nc2c(N)ncc(C)c2n1CCCS(=O)(=O)c1ccc(Cl)cc1Cl. The van der Waals surface area contributed by atoms with Crippen molar-refractivity contribution in [3.63, 3.8) is 0 Å². The second kappa shape index (κ2) is 8.87. The Labute approximate surface area is 179 Å². The Hall–Kier alpha value is -1.87. The summed E-state index contributed by atoms with van der Waals surface area (Å²) in [6.07, 6.45) is 2.05. The number of hydrogen-bond acceptors (Lipinski definition) is 6. The molecular formula is C19H22Cl2N4O3S. The highest BCUT2D eigenvalue weighted by Crippen LogP contribution is 2.27. The molecule has 0 aliphatic carbocycles. The van der Waals surface area contributed by atoms with E-state index in [1.807, 2.05) is 18.4 Å². The first kappa shape index (κ1) is 21.8. The number of aryl methyl sites for hydroxylation is 2. The van der Waals surface area contributed by atoms with Crippen LogP contribution >= 0.6 is 23.2 Å². The smallest absolute Gasteiger partial charge is 0.179 e. The van der Waals surface area contributed by atoms with E-state index < -0.39 is 9.84 Å². The minimum absolute atomic E-state index is 0.0677. The zero-order valence-electron chi connectivity index (χ0n) is 16.2. The van der Waals surface area contributed by atoms with E-state index in [-0.39, 0.29) is 15.7 Å². The fourth-order valence-electron chi connectivity index (χ4n) is 3.16. The Morgan fingerprint density at radius 1 is 1.28 bits per heavy atom. The van der Waals surface area contributed by atoms with Gasteiger partial charge in [-0.3, -0.25) is 0 Å². The minimum Gasteiger partial charge on any atom is -0.382 e. The van der Waals surface area contributed by atoms with Gasteiger partial charge in [-0.05, 0) is 44.0 Å². The third-order valence-electron chi connectivity index (χ3n) is 4.52. The number of rotatable bonds is 8. The lowest BCUT2D eigenvalue weighted by Crippen LogP contribution is -2.13. The number of sulfone groups is 1. The number of halogens is 2. The number of benzene rings is 1. The molecule has 0 unspecified atom stereocenters. The summed E-state index contributed by atoms with van der Waals surface area (Å²) in [6, 6.07) is 4.38. The maximum Gasteiger partial charge on any atom is 0.179 e. The van der Waals surface area contributed by atoms with E-state index in [0.717, 1.165) is 11.1 Å². The van der Waals surface area contributed by atoms with Crippen molar-refractivity contribution in [3.05, 3.63) is 45.8 Å². The standard InChI is InChI=1S/C19H22Cl2N4O3S/c1-3-28-11-16-24-17-18(12(2)10-23-19(17)22)25(16)7-4-8-29(26,27)15-6-5-13(20)9-14(15)21/h5-6,9-10H,3-4,7-8,11H2,1-2H3,(H2,22,23). The molecule has 1 aromatic carbocycles. The molecule has 0 aliphatic heterocycles. The van der Waals surface area contributed by atoms with Crippen LogP contribution in [0.3, 0.4) is 0 Å². The van der Waals surface area contributed by atoms with Gasteiger partial charge in [0.25, 0.3) is 0 Å². The number of anilines is 1. The average molecular weight is 457 g/mol. The molecule has 0 atom stereocenters. The highest BCUT2D eigenvalue weighted by atomic mass is 35.5. The van der Waals surface area contributed by atoms with E-state index >= 15 is 0 Å². The predicted octanol–water partition coefficient (Wildman–Crippen LogP) is 4.03. The van der Waals surface area contributed by atoms with Gasteiger partial charge in [-0.1, -0.05) is 23.2 Å². The van der Waals surface area contributed by atoms with E-state index in [2.05, 4.69) is 9.97 Å². The summed E-state index contributed by atoms with van der Waals surface area (Å²) >= 11 is 11.9. The van der Waals surface area contributed by atoms with Crippen LogP contribution in [-0.2, 0) is 27.7 Å². The van der Waals surface area contributed by atoms with E-state index in [9.17, 15) is 8.42 Å². The fraction of sp³-hybridized carbons (Fsp3) is 0.368.